The molecule has 0 aromatic heterocycles. The van der Waals surface area contributed by atoms with Gasteiger partial charge in [0, 0.05) is 0 Å². The minimum atomic E-state index is -4.01. The maximum Gasteiger partial charge on any atom is 0.392 e. The number of hydrogen-bond donors (Lipinski definition) is 0. The lowest BCUT2D eigenvalue weighted by Gasteiger charge is -2.25. The molecule has 72 valence electrons. The Hall–Kier alpha value is -0.210. The van der Waals surface area contributed by atoms with Crippen LogP contribution in [-0.2, 0) is 0 Å². The van der Waals surface area contributed by atoms with Crippen LogP contribution in [0.3, 0.4) is 0 Å². The van der Waals surface area contributed by atoms with Crippen LogP contribution in [0.5, 0.6) is 0 Å². The second-order valence-corrected chi connectivity index (χ2v) is 3.96. The van der Waals surface area contributed by atoms with E-state index in [1.165, 1.54) is 6.92 Å². The van der Waals surface area contributed by atoms with Gasteiger partial charge in [-0.2, -0.15) is 13.2 Å². The van der Waals surface area contributed by atoms with E-state index in [0.717, 1.165) is 6.42 Å². The number of alkyl halides is 3. The smallest absolute Gasteiger partial charge is 0.171 e. The van der Waals surface area contributed by atoms with Gasteiger partial charge in [0.05, 0.1) is 5.92 Å². The summed E-state index contributed by atoms with van der Waals surface area (Å²) in [6.45, 7) is 5.07. The highest BCUT2D eigenvalue weighted by atomic mass is 19.4. The SMILES string of the molecule is CCC1(C(C)C(F)(F)F)CC1C. The highest BCUT2D eigenvalue weighted by Gasteiger charge is 2.60. The van der Waals surface area contributed by atoms with Crippen molar-refractivity contribution in [2.75, 3.05) is 0 Å². The lowest BCUT2D eigenvalue weighted by atomic mass is 9.85. The lowest BCUT2D eigenvalue weighted by Crippen LogP contribution is -2.29. The molecular formula is C9H15F3. The van der Waals surface area contributed by atoms with Crippen molar-refractivity contribution in [3.8, 4) is 0 Å². The summed E-state index contributed by atoms with van der Waals surface area (Å²) in [4.78, 5) is 0. The fourth-order valence-electron chi connectivity index (χ4n) is 2.24. The lowest BCUT2D eigenvalue weighted by molar-refractivity contribution is -0.189. The maximum atomic E-state index is 12.3. The van der Waals surface area contributed by atoms with E-state index in [9.17, 15) is 13.2 Å². The third kappa shape index (κ3) is 1.34. The van der Waals surface area contributed by atoms with Crippen LogP contribution < -0.4 is 0 Å². The molecule has 0 heterocycles. The van der Waals surface area contributed by atoms with E-state index < -0.39 is 17.5 Å². The van der Waals surface area contributed by atoms with Gasteiger partial charge in [0.25, 0.3) is 0 Å². The number of rotatable bonds is 2. The first-order chi connectivity index (χ1) is 5.34. The normalized spacial score (nSPS) is 38.0. The summed E-state index contributed by atoms with van der Waals surface area (Å²) >= 11 is 0. The van der Waals surface area contributed by atoms with Gasteiger partial charge in [0.15, 0.2) is 0 Å². The van der Waals surface area contributed by atoms with Crippen molar-refractivity contribution >= 4 is 0 Å². The molecule has 0 bridgehead atoms. The molecule has 1 aliphatic carbocycles. The molecule has 12 heavy (non-hydrogen) atoms. The quantitative estimate of drug-likeness (QED) is 0.608. The third-order valence-corrected chi connectivity index (χ3v) is 3.52. The monoisotopic (exact) mass is 180 g/mol. The Morgan fingerprint density at radius 3 is 2.00 bits per heavy atom. The Labute approximate surface area is 71.1 Å². The van der Waals surface area contributed by atoms with E-state index in [1.54, 1.807) is 0 Å². The van der Waals surface area contributed by atoms with Crippen LogP contribution in [0.25, 0.3) is 0 Å². The topological polar surface area (TPSA) is 0 Å². The summed E-state index contributed by atoms with van der Waals surface area (Å²) < 4.78 is 37.0. The molecule has 1 saturated carbocycles. The molecule has 1 aliphatic rings. The molecule has 0 aliphatic heterocycles. The first kappa shape index (κ1) is 9.87. The molecule has 0 aromatic carbocycles. The van der Waals surface area contributed by atoms with Crippen molar-refractivity contribution in [3.05, 3.63) is 0 Å². The standard InChI is InChI=1S/C9H15F3/c1-4-8(5-6(8)2)7(3)9(10,11)12/h6-7H,4-5H2,1-3H3. The van der Waals surface area contributed by atoms with Gasteiger partial charge in [0.1, 0.15) is 0 Å². The fraction of sp³-hybridized carbons (Fsp3) is 1.00. The zero-order valence-electron chi connectivity index (χ0n) is 7.70. The molecule has 0 aromatic rings. The molecule has 3 heteroatoms. The molecule has 0 nitrogen and oxygen atoms in total. The van der Waals surface area contributed by atoms with E-state index in [0.29, 0.717) is 6.42 Å². The van der Waals surface area contributed by atoms with Gasteiger partial charge in [-0.25, -0.2) is 0 Å². The van der Waals surface area contributed by atoms with Gasteiger partial charge >= 0.3 is 6.18 Å². The molecule has 1 fully saturated rings. The van der Waals surface area contributed by atoms with Gasteiger partial charge in [-0.05, 0) is 24.2 Å². The summed E-state index contributed by atoms with van der Waals surface area (Å²) in [6, 6.07) is 0. The highest BCUT2D eigenvalue weighted by molar-refractivity contribution is 5.03. The van der Waals surface area contributed by atoms with Crippen molar-refractivity contribution in [2.24, 2.45) is 17.3 Å². The molecule has 0 saturated heterocycles. The second-order valence-electron chi connectivity index (χ2n) is 3.96. The highest BCUT2D eigenvalue weighted by Crippen LogP contribution is 2.63. The van der Waals surface area contributed by atoms with Crippen molar-refractivity contribution < 1.29 is 13.2 Å². The summed E-state index contributed by atoms with van der Waals surface area (Å²) in [5.41, 5.74) is -0.432. The zero-order valence-corrected chi connectivity index (χ0v) is 7.70. The third-order valence-electron chi connectivity index (χ3n) is 3.52. The van der Waals surface area contributed by atoms with Crippen molar-refractivity contribution in [2.45, 2.75) is 39.8 Å². The molecule has 0 radical (unpaired) electrons. The summed E-state index contributed by atoms with van der Waals surface area (Å²) in [5.74, 6) is -0.885. The Morgan fingerprint density at radius 1 is 1.50 bits per heavy atom. The predicted octanol–water partition coefficient (Wildman–Crippen LogP) is 3.62. The maximum absolute atomic E-state index is 12.3. The summed E-state index contributed by atoms with van der Waals surface area (Å²) in [7, 11) is 0. The first-order valence-electron chi connectivity index (χ1n) is 4.41. The first-order valence-corrected chi connectivity index (χ1v) is 4.41. The van der Waals surface area contributed by atoms with Gasteiger partial charge in [0.2, 0.25) is 0 Å². The van der Waals surface area contributed by atoms with Crippen LogP contribution in [0.15, 0.2) is 0 Å². The number of hydrogen-bond acceptors (Lipinski definition) is 0. The average molecular weight is 180 g/mol. The molecule has 3 unspecified atom stereocenters. The molecule has 1 rings (SSSR count). The van der Waals surface area contributed by atoms with Gasteiger partial charge < -0.3 is 0 Å². The van der Waals surface area contributed by atoms with E-state index in [2.05, 4.69) is 0 Å². The Balaban J connectivity index is 2.70. The van der Waals surface area contributed by atoms with Crippen molar-refractivity contribution in [1.82, 2.24) is 0 Å². The largest absolute Gasteiger partial charge is 0.392 e. The molecule has 0 N–H and O–H groups in total. The minimum absolute atomic E-state index is 0.249. The van der Waals surface area contributed by atoms with Crippen LogP contribution >= 0.6 is 0 Å². The number of halogens is 3. The van der Waals surface area contributed by atoms with Crippen molar-refractivity contribution in [3.63, 3.8) is 0 Å². The van der Waals surface area contributed by atoms with E-state index in [4.69, 9.17) is 0 Å². The molecule has 0 amide bonds. The van der Waals surface area contributed by atoms with Gasteiger partial charge in [-0.1, -0.05) is 20.8 Å². The van der Waals surface area contributed by atoms with Crippen LogP contribution in [-0.4, -0.2) is 6.18 Å². The Kier molecular flexibility index (Phi) is 2.17. The van der Waals surface area contributed by atoms with Crippen molar-refractivity contribution in [1.29, 1.82) is 0 Å². The van der Waals surface area contributed by atoms with Crippen LogP contribution in [0.1, 0.15) is 33.6 Å². The van der Waals surface area contributed by atoms with Crippen LogP contribution in [0.4, 0.5) is 13.2 Å². The molecular weight excluding hydrogens is 165 g/mol. The molecule has 0 spiro atoms. The van der Waals surface area contributed by atoms with E-state index in [1.807, 2.05) is 13.8 Å². The van der Waals surface area contributed by atoms with E-state index in [-0.39, 0.29) is 5.92 Å². The van der Waals surface area contributed by atoms with Crippen LogP contribution in [0.2, 0.25) is 0 Å². The zero-order chi connectivity index (χ0) is 9.57. The summed E-state index contributed by atoms with van der Waals surface area (Å²) in [6.07, 6.45) is -2.63. The van der Waals surface area contributed by atoms with Gasteiger partial charge in [-0.3, -0.25) is 0 Å². The minimum Gasteiger partial charge on any atom is -0.171 e. The Morgan fingerprint density at radius 2 is 1.92 bits per heavy atom. The Bertz CT molecular complexity index is 169. The molecule has 3 atom stereocenters. The summed E-state index contributed by atoms with van der Waals surface area (Å²) in [5, 5.41) is 0. The average Bonchev–Trinajstić information content (AvgIpc) is 2.59. The predicted molar refractivity (Wildman–Crippen MR) is 41.7 cm³/mol. The fourth-order valence-corrected chi connectivity index (χ4v) is 2.24. The van der Waals surface area contributed by atoms with Crippen LogP contribution in [0, 0.1) is 17.3 Å². The van der Waals surface area contributed by atoms with Gasteiger partial charge in [-0.15, -0.1) is 0 Å². The second kappa shape index (κ2) is 2.64. The van der Waals surface area contributed by atoms with E-state index >= 15 is 0 Å².